The van der Waals surface area contributed by atoms with Crippen LogP contribution in [0.25, 0.3) is 10.9 Å². The average Bonchev–Trinajstić information content (AvgIpc) is 2.54. The summed E-state index contributed by atoms with van der Waals surface area (Å²) in [6.45, 7) is 0. The Balaban J connectivity index is 2.85. The van der Waals surface area contributed by atoms with Crippen LogP contribution in [0.3, 0.4) is 0 Å². The summed E-state index contributed by atoms with van der Waals surface area (Å²) in [5.41, 5.74) is 2.41. The fourth-order valence-electron chi connectivity index (χ4n) is 1.90. The van der Waals surface area contributed by atoms with Gasteiger partial charge in [0.2, 0.25) is 0 Å². The lowest BCUT2D eigenvalue weighted by molar-refractivity contribution is 0.112. The summed E-state index contributed by atoms with van der Waals surface area (Å²) in [6.07, 6.45) is 1.09. The van der Waals surface area contributed by atoms with Gasteiger partial charge in [-0.3, -0.25) is 4.79 Å². The summed E-state index contributed by atoms with van der Waals surface area (Å²) in [5.74, 6) is 0. The Morgan fingerprint density at radius 3 is 2.87 bits per heavy atom. The van der Waals surface area contributed by atoms with Gasteiger partial charge in [-0.15, -0.1) is 0 Å². The molecule has 3 heteroatoms. The molecule has 0 spiro atoms. The molecule has 1 heterocycles. The van der Waals surface area contributed by atoms with Crippen LogP contribution in [0.5, 0.6) is 0 Å². The quantitative estimate of drug-likeness (QED) is 0.693. The van der Waals surface area contributed by atoms with Gasteiger partial charge in [0.05, 0.1) is 12.5 Å². The van der Waals surface area contributed by atoms with Crippen molar-refractivity contribution in [3.05, 3.63) is 35.5 Å². The van der Waals surface area contributed by atoms with Crippen molar-refractivity contribution in [3.63, 3.8) is 0 Å². The van der Waals surface area contributed by atoms with Crippen LogP contribution in [-0.2, 0) is 13.5 Å². The standard InChI is InChI=1S/C12H10N2O/c1-14-11-5-3-2-4-9(11)10(8-15)12(14)6-7-13/h2-5,8H,6H2,1H3. The molecule has 0 fully saturated rings. The van der Waals surface area contributed by atoms with Gasteiger partial charge in [-0.1, -0.05) is 18.2 Å². The maximum absolute atomic E-state index is 11.0. The summed E-state index contributed by atoms with van der Waals surface area (Å²) in [5, 5.41) is 9.63. The molecule has 1 aromatic heterocycles. The van der Waals surface area contributed by atoms with Gasteiger partial charge in [0, 0.05) is 29.2 Å². The number of aldehydes is 1. The Kier molecular flexibility index (Phi) is 2.26. The van der Waals surface area contributed by atoms with Crippen LogP contribution in [0.1, 0.15) is 16.1 Å². The summed E-state index contributed by atoms with van der Waals surface area (Å²) in [7, 11) is 1.88. The molecule has 0 saturated carbocycles. The lowest BCUT2D eigenvalue weighted by Crippen LogP contribution is -1.97. The largest absolute Gasteiger partial charge is 0.346 e. The van der Waals surface area contributed by atoms with Gasteiger partial charge in [-0.25, -0.2) is 0 Å². The fraction of sp³-hybridized carbons (Fsp3) is 0.167. The molecule has 0 bridgehead atoms. The molecule has 15 heavy (non-hydrogen) atoms. The maximum Gasteiger partial charge on any atom is 0.152 e. The third-order valence-corrected chi connectivity index (χ3v) is 2.64. The van der Waals surface area contributed by atoms with E-state index in [-0.39, 0.29) is 6.42 Å². The average molecular weight is 198 g/mol. The summed E-state index contributed by atoms with van der Waals surface area (Å²) in [6, 6.07) is 9.75. The SMILES string of the molecule is Cn1c(CC#N)c(C=O)c2ccccc21. The van der Waals surface area contributed by atoms with Gasteiger partial charge in [-0.2, -0.15) is 5.26 Å². The van der Waals surface area contributed by atoms with E-state index in [0.29, 0.717) is 5.56 Å². The predicted molar refractivity (Wildman–Crippen MR) is 57.6 cm³/mol. The Hall–Kier alpha value is -2.08. The Morgan fingerprint density at radius 1 is 1.47 bits per heavy atom. The second-order valence-corrected chi connectivity index (χ2v) is 3.39. The molecule has 74 valence electrons. The second kappa shape index (κ2) is 3.58. The minimum atomic E-state index is 0.263. The van der Waals surface area contributed by atoms with E-state index in [4.69, 9.17) is 5.26 Å². The van der Waals surface area contributed by atoms with Gasteiger partial charge < -0.3 is 4.57 Å². The van der Waals surface area contributed by atoms with Crippen LogP contribution in [0.2, 0.25) is 0 Å². The van der Waals surface area contributed by atoms with Crippen molar-refractivity contribution < 1.29 is 4.79 Å². The van der Waals surface area contributed by atoms with E-state index in [9.17, 15) is 4.79 Å². The Morgan fingerprint density at radius 2 is 2.20 bits per heavy atom. The predicted octanol–water partition coefficient (Wildman–Crippen LogP) is 2.06. The molecule has 2 aromatic rings. The van der Waals surface area contributed by atoms with Crippen LogP contribution in [0, 0.1) is 11.3 Å². The van der Waals surface area contributed by atoms with Crippen molar-refractivity contribution in [2.75, 3.05) is 0 Å². The van der Waals surface area contributed by atoms with Crippen LogP contribution in [0.15, 0.2) is 24.3 Å². The molecular weight excluding hydrogens is 188 g/mol. The van der Waals surface area contributed by atoms with Crippen molar-refractivity contribution >= 4 is 17.2 Å². The minimum absolute atomic E-state index is 0.263. The van der Waals surface area contributed by atoms with Crippen LogP contribution in [0.4, 0.5) is 0 Å². The van der Waals surface area contributed by atoms with Gasteiger partial charge in [0.15, 0.2) is 6.29 Å². The lowest BCUT2D eigenvalue weighted by Gasteiger charge is -1.99. The van der Waals surface area contributed by atoms with E-state index in [1.807, 2.05) is 35.9 Å². The third-order valence-electron chi connectivity index (χ3n) is 2.64. The number of nitrogens with zero attached hydrogens (tertiary/aromatic N) is 2. The van der Waals surface area contributed by atoms with Crippen molar-refractivity contribution in [3.8, 4) is 6.07 Å². The maximum atomic E-state index is 11.0. The van der Waals surface area contributed by atoms with E-state index in [1.165, 1.54) is 0 Å². The zero-order valence-electron chi connectivity index (χ0n) is 8.40. The molecule has 0 unspecified atom stereocenters. The fourth-order valence-corrected chi connectivity index (χ4v) is 1.90. The van der Waals surface area contributed by atoms with Gasteiger partial charge in [0.1, 0.15) is 0 Å². The normalized spacial score (nSPS) is 10.1. The van der Waals surface area contributed by atoms with E-state index in [2.05, 4.69) is 6.07 Å². The highest BCUT2D eigenvalue weighted by molar-refractivity contribution is 5.99. The summed E-state index contributed by atoms with van der Waals surface area (Å²) < 4.78 is 1.91. The van der Waals surface area contributed by atoms with Gasteiger partial charge in [0.25, 0.3) is 0 Å². The Labute approximate surface area is 87.5 Å². The molecule has 3 nitrogen and oxygen atoms in total. The number of aryl methyl sites for hydroxylation is 1. The highest BCUT2D eigenvalue weighted by Gasteiger charge is 2.12. The first-order valence-corrected chi connectivity index (χ1v) is 4.68. The third kappa shape index (κ3) is 1.31. The van der Waals surface area contributed by atoms with Crippen molar-refractivity contribution in [2.45, 2.75) is 6.42 Å². The lowest BCUT2D eigenvalue weighted by atomic mass is 10.1. The number of benzene rings is 1. The molecule has 0 aliphatic heterocycles. The monoisotopic (exact) mass is 198 g/mol. The zero-order valence-corrected chi connectivity index (χ0v) is 8.40. The smallest absolute Gasteiger partial charge is 0.152 e. The molecule has 0 radical (unpaired) electrons. The van der Waals surface area contributed by atoms with Crippen LogP contribution < -0.4 is 0 Å². The number of fused-ring (bicyclic) bond motifs is 1. The molecule has 0 amide bonds. The number of hydrogen-bond donors (Lipinski definition) is 0. The molecule has 2 rings (SSSR count). The van der Waals surface area contributed by atoms with Gasteiger partial charge >= 0.3 is 0 Å². The first-order chi connectivity index (χ1) is 7.29. The highest BCUT2D eigenvalue weighted by Crippen LogP contribution is 2.23. The molecule has 0 aliphatic rings. The van der Waals surface area contributed by atoms with Crippen molar-refractivity contribution in [2.24, 2.45) is 7.05 Å². The number of carbonyl (C=O) groups is 1. The van der Waals surface area contributed by atoms with E-state index >= 15 is 0 Å². The number of para-hydroxylation sites is 1. The topological polar surface area (TPSA) is 45.8 Å². The first-order valence-electron chi connectivity index (χ1n) is 4.68. The zero-order chi connectivity index (χ0) is 10.8. The number of aromatic nitrogens is 1. The molecule has 1 aromatic carbocycles. The molecule has 0 saturated heterocycles. The van der Waals surface area contributed by atoms with E-state index in [0.717, 1.165) is 22.9 Å². The number of hydrogen-bond acceptors (Lipinski definition) is 2. The first kappa shape index (κ1) is 9.47. The highest BCUT2D eigenvalue weighted by atomic mass is 16.1. The summed E-state index contributed by atoms with van der Waals surface area (Å²) >= 11 is 0. The molecular formula is C12H10N2O. The molecule has 0 N–H and O–H groups in total. The Bertz CT molecular complexity index is 561. The van der Waals surface area contributed by atoms with Crippen molar-refractivity contribution in [1.29, 1.82) is 5.26 Å². The summed E-state index contributed by atoms with van der Waals surface area (Å²) in [4.78, 5) is 11.0. The molecule has 0 atom stereocenters. The van der Waals surface area contributed by atoms with Crippen molar-refractivity contribution in [1.82, 2.24) is 4.57 Å². The molecule has 0 aliphatic carbocycles. The van der Waals surface area contributed by atoms with Gasteiger partial charge in [-0.05, 0) is 6.07 Å². The number of rotatable bonds is 2. The number of carbonyl (C=O) groups excluding carboxylic acids is 1. The second-order valence-electron chi connectivity index (χ2n) is 3.39. The van der Waals surface area contributed by atoms with E-state index < -0.39 is 0 Å². The number of nitriles is 1. The van der Waals surface area contributed by atoms with Crippen LogP contribution in [-0.4, -0.2) is 10.9 Å². The van der Waals surface area contributed by atoms with E-state index in [1.54, 1.807) is 0 Å². The van der Waals surface area contributed by atoms with Crippen LogP contribution >= 0.6 is 0 Å². The minimum Gasteiger partial charge on any atom is -0.346 e.